The lowest BCUT2D eigenvalue weighted by molar-refractivity contribution is -0.135. The molecule has 4 atom stereocenters. The first kappa shape index (κ1) is 29.4. The molecule has 2 aliphatic heterocycles. The molecule has 4 rings (SSSR count). The fourth-order valence-electron chi connectivity index (χ4n) is 4.97. The third-order valence-electron chi connectivity index (χ3n) is 7.75. The van der Waals surface area contributed by atoms with Crippen molar-refractivity contribution in [3.63, 3.8) is 0 Å². The van der Waals surface area contributed by atoms with Crippen LogP contribution in [0.4, 0.5) is 0 Å². The summed E-state index contributed by atoms with van der Waals surface area (Å²) in [6.07, 6.45) is 0.523. The van der Waals surface area contributed by atoms with Crippen LogP contribution in [0.1, 0.15) is 31.4 Å². The number of likely N-dealkylation sites (tertiary alicyclic amines) is 1. The number of carbonyl (C=O) groups is 4. The van der Waals surface area contributed by atoms with Gasteiger partial charge in [-0.3, -0.25) is 19.2 Å². The Balaban J connectivity index is 1.49. The van der Waals surface area contributed by atoms with Gasteiger partial charge in [-0.25, -0.2) is 0 Å². The minimum absolute atomic E-state index is 0.0795. The third-order valence-corrected chi connectivity index (χ3v) is 7.75. The molecule has 2 N–H and O–H groups in total. The van der Waals surface area contributed by atoms with Gasteiger partial charge in [0.2, 0.25) is 11.8 Å². The molecule has 0 saturated carbocycles. The van der Waals surface area contributed by atoms with Crippen molar-refractivity contribution in [1.82, 2.24) is 15.5 Å². The second-order valence-corrected chi connectivity index (χ2v) is 11.2. The summed E-state index contributed by atoms with van der Waals surface area (Å²) in [5, 5.41) is 5.75. The summed E-state index contributed by atoms with van der Waals surface area (Å²) in [4.78, 5) is 54.8. The second-order valence-electron chi connectivity index (χ2n) is 11.2. The van der Waals surface area contributed by atoms with Crippen molar-refractivity contribution in [2.75, 3.05) is 33.9 Å². The summed E-state index contributed by atoms with van der Waals surface area (Å²) in [6.45, 7) is 5.01. The first-order chi connectivity index (χ1) is 19.1. The van der Waals surface area contributed by atoms with E-state index in [1.807, 2.05) is 54.4 Å². The predicted molar refractivity (Wildman–Crippen MR) is 150 cm³/mol. The minimum atomic E-state index is -0.914. The molecule has 9 nitrogen and oxygen atoms in total. The molecule has 2 aliphatic rings. The lowest BCUT2D eigenvalue weighted by atomic mass is 9.89. The van der Waals surface area contributed by atoms with Gasteiger partial charge in [0.05, 0.1) is 31.7 Å². The van der Waals surface area contributed by atoms with Gasteiger partial charge in [-0.05, 0) is 57.0 Å². The van der Waals surface area contributed by atoms with Gasteiger partial charge in [0, 0.05) is 25.4 Å². The fraction of sp³-hybridized carbons (Fsp3) is 0.484. The van der Waals surface area contributed by atoms with Gasteiger partial charge in [-0.15, -0.1) is 0 Å². The monoisotopic (exact) mass is 549 g/mol. The number of benzene rings is 2. The van der Waals surface area contributed by atoms with Crippen LogP contribution in [-0.2, 0) is 36.8 Å². The molecule has 2 amide bonds. The van der Waals surface area contributed by atoms with E-state index in [1.165, 1.54) is 0 Å². The van der Waals surface area contributed by atoms with Gasteiger partial charge in [0.25, 0.3) is 0 Å². The summed E-state index contributed by atoms with van der Waals surface area (Å²) in [7, 11) is 3.52. The number of amides is 2. The Bertz CT molecular complexity index is 1210. The number of Topliss-reactive ketones (excluding diaryl/α,β-unsaturated/α-hetero) is 2. The second kappa shape index (κ2) is 12.7. The number of nitrogens with zero attached hydrogens (tertiary/aromatic N) is 1. The molecule has 214 valence electrons. The molecule has 0 spiro atoms. The van der Waals surface area contributed by atoms with Crippen molar-refractivity contribution in [3.8, 4) is 5.75 Å². The average Bonchev–Trinajstić information content (AvgIpc) is 3.69. The Hall–Kier alpha value is -3.56. The maximum absolute atomic E-state index is 13.7. The SMILES string of the molecule is COc1ccc(C[C@H](CC(=O)[C@H](C)NC(=O)C2CN(C)C2)C(=O)N[C@@H](Cc2ccccc2)C(=O)[C@@]2(C)CO2)cc1. The van der Waals surface area contributed by atoms with Crippen molar-refractivity contribution in [3.05, 3.63) is 65.7 Å². The zero-order valence-corrected chi connectivity index (χ0v) is 23.6. The van der Waals surface area contributed by atoms with Gasteiger partial charge < -0.3 is 25.0 Å². The van der Waals surface area contributed by atoms with Crippen molar-refractivity contribution in [1.29, 1.82) is 0 Å². The number of rotatable bonds is 14. The van der Waals surface area contributed by atoms with E-state index in [0.29, 0.717) is 31.9 Å². The summed E-state index contributed by atoms with van der Waals surface area (Å²) >= 11 is 0. The predicted octanol–water partition coefficient (Wildman–Crippen LogP) is 1.96. The molecule has 0 radical (unpaired) electrons. The molecular formula is C31H39N3O6. The van der Waals surface area contributed by atoms with E-state index in [1.54, 1.807) is 33.1 Å². The zero-order chi connectivity index (χ0) is 28.9. The van der Waals surface area contributed by atoms with Crippen LogP contribution in [0.5, 0.6) is 5.75 Å². The number of carbonyl (C=O) groups excluding carboxylic acids is 4. The number of nitrogens with one attached hydrogen (secondary N) is 2. The zero-order valence-electron chi connectivity index (χ0n) is 23.6. The number of ether oxygens (including phenoxy) is 2. The van der Waals surface area contributed by atoms with Gasteiger partial charge in [-0.2, -0.15) is 0 Å². The number of methoxy groups -OCH3 is 1. The Morgan fingerprint density at radius 1 is 1.00 bits per heavy atom. The smallest absolute Gasteiger partial charge is 0.226 e. The Labute approximate surface area is 235 Å². The highest BCUT2D eigenvalue weighted by molar-refractivity contribution is 5.98. The van der Waals surface area contributed by atoms with E-state index in [0.717, 1.165) is 11.1 Å². The van der Waals surface area contributed by atoms with Crippen LogP contribution in [0.15, 0.2) is 54.6 Å². The van der Waals surface area contributed by atoms with Crippen molar-refractivity contribution < 1.29 is 28.7 Å². The molecule has 9 heteroatoms. The van der Waals surface area contributed by atoms with Crippen LogP contribution in [0.3, 0.4) is 0 Å². The Morgan fingerprint density at radius 2 is 1.62 bits per heavy atom. The van der Waals surface area contributed by atoms with Crippen LogP contribution < -0.4 is 15.4 Å². The van der Waals surface area contributed by atoms with Gasteiger partial charge in [-0.1, -0.05) is 42.5 Å². The molecule has 2 saturated heterocycles. The standard InChI is InChI=1S/C31H39N3O6/c1-20(32-30(38)24-17-34(3)18-24)27(35)16-23(14-22-10-12-25(39-4)13-11-22)29(37)33-26(28(36)31(2)19-40-31)15-21-8-6-5-7-9-21/h5-13,20,23-24,26H,14-19H2,1-4H3,(H,32,38)(H,33,37)/t20-,23+,26-,31+/m0/s1. The van der Waals surface area contributed by atoms with E-state index < -0.39 is 23.6 Å². The van der Waals surface area contributed by atoms with E-state index in [-0.39, 0.29) is 42.1 Å². The normalized spacial score (nSPS) is 20.9. The molecule has 0 bridgehead atoms. The maximum Gasteiger partial charge on any atom is 0.226 e. The van der Waals surface area contributed by atoms with Crippen LogP contribution in [0.25, 0.3) is 0 Å². The van der Waals surface area contributed by atoms with Gasteiger partial charge in [0.15, 0.2) is 11.6 Å². The molecule has 2 aromatic carbocycles. The van der Waals surface area contributed by atoms with Crippen LogP contribution >= 0.6 is 0 Å². The highest BCUT2D eigenvalue weighted by Crippen LogP contribution is 2.29. The maximum atomic E-state index is 13.7. The molecule has 40 heavy (non-hydrogen) atoms. The Morgan fingerprint density at radius 3 is 2.20 bits per heavy atom. The molecule has 0 unspecified atom stereocenters. The summed E-state index contributed by atoms with van der Waals surface area (Å²) < 4.78 is 10.6. The lowest BCUT2D eigenvalue weighted by Gasteiger charge is -2.35. The van der Waals surface area contributed by atoms with Gasteiger partial charge in [0.1, 0.15) is 11.4 Å². The molecular weight excluding hydrogens is 510 g/mol. The minimum Gasteiger partial charge on any atom is -0.497 e. The van der Waals surface area contributed by atoms with Crippen LogP contribution in [0.2, 0.25) is 0 Å². The lowest BCUT2D eigenvalue weighted by Crippen LogP contribution is -2.54. The van der Waals surface area contributed by atoms with Crippen LogP contribution in [-0.4, -0.2) is 79.8 Å². The first-order valence-corrected chi connectivity index (χ1v) is 13.7. The number of hydrogen-bond acceptors (Lipinski definition) is 7. The number of ketones is 2. The molecule has 2 heterocycles. The molecule has 2 fully saturated rings. The fourth-order valence-corrected chi connectivity index (χ4v) is 4.97. The number of epoxide rings is 1. The molecule has 0 aliphatic carbocycles. The highest BCUT2D eigenvalue weighted by atomic mass is 16.6. The summed E-state index contributed by atoms with van der Waals surface area (Å²) in [6, 6.07) is 15.3. The van der Waals surface area contributed by atoms with Gasteiger partial charge >= 0.3 is 0 Å². The van der Waals surface area contributed by atoms with Crippen molar-refractivity contribution in [2.45, 2.75) is 50.8 Å². The quantitative estimate of drug-likeness (QED) is 0.346. The number of hydrogen-bond donors (Lipinski definition) is 2. The third kappa shape index (κ3) is 7.55. The van der Waals surface area contributed by atoms with E-state index in [9.17, 15) is 19.2 Å². The van der Waals surface area contributed by atoms with Crippen molar-refractivity contribution >= 4 is 23.4 Å². The summed E-state index contributed by atoms with van der Waals surface area (Å²) in [5.74, 6) is -1.15. The molecule has 0 aromatic heterocycles. The van der Waals surface area contributed by atoms with Crippen molar-refractivity contribution in [2.24, 2.45) is 11.8 Å². The Kier molecular flexibility index (Phi) is 9.37. The topological polar surface area (TPSA) is 117 Å². The average molecular weight is 550 g/mol. The highest BCUT2D eigenvalue weighted by Gasteiger charge is 2.50. The molecule has 2 aromatic rings. The first-order valence-electron chi connectivity index (χ1n) is 13.7. The van der Waals surface area contributed by atoms with E-state index in [2.05, 4.69) is 10.6 Å². The van der Waals surface area contributed by atoms with E-state index >= 15 is 0 Å². The largest absolute Gasteiger partial charge is 0.497 e. The van der Waals surface area contributed by atoms with Crippen LogP contribution in [0, 0.1) is 11.8 Å². The van der Waals surface area contributed by atoms with E-state index in [4.69, 9.17) is 9.47 Å². The summed E-state index contributed by atoms with van der Waals surface area (Å²) in [5.41, 5.74) is 0.847.